The molecule has 20 heavy (non-hydrogen) atoms. The summed E-state index contributed by atoms with van der Waals surface area (Å²) in [5.74, 6) is 0. The minimum absolute atomic E-state index is 0.146. The third kappa shape index (κ3) is 1.91. The SMILES string of the molecule is COC[C@@H]1O[C@H](n2cnc3c(=O)[nH]cnc32)[C@H](O)[C@H]1O. The Hall–Kier alpha value is -1.81. The predicted molar refractivity (Wildman–Crippen MR) is 65.9 cm³/mol. The van der Waals surface area contributed by atoms with E-state index in [0.717, 1.165) is 0 Å². The first kappa shape index (κ1) is 13.2. The van der Waals surface area contributed by atoms with Crippen LogP contribution in [0.1, 0.15) is 6.23 Å². The van der Waals surface area contributed by atoms with E-state index in [2.05, 4.69) is 15.0 Å². The minimum Gasteiger partial charge on any atom is -0.387 e. The zero-order valence-electron chi connectivity index (χ0n) is 10.6. The fourth-order valence-electron chi connectivity index (χ4n) is 2.31. The molecule has 0 bridgehead atoms. The highest BCUT2D eigenvalue weighted by Gasteiger charge is 2.44. The number of fused-ring (bicyclic) bond motifs is 1. The van der Waals surface area contributed by atoms with E-state index >= 15 is 0 Å². The number of methoxy groups -OCH3 is 1. The molecular weight excluding hydrogens is 268 g/mol. The van der Waals surface area contributed by atoms with Crippen molar-refractivity contribution in [1.82, 2.24) is 19.5 Å². The van der Waals surface area contributed by atoms with E-state index in [-0.39, 0.29) is 23.3 Å². The van der Waals surface area contributed by atoms with Crippen molar-refractivity contribution in [2.45, 2.75) is 24.5 Å². The summed E-state index contributed by atoms with van der Waals surface area (Å²) in [7, 11) is 1.48. The van der Waals surface area contributed by atoms with Crippen molar-refractivity contribution in [3.63, 3.8) is 0 Å². The van der Waals surface area contributed by atoms with Crippen LogP contribution in [-0.4, -0.2) is 61.8 Å². The van der Waals surface area contributed by atoms with Crippen molar-refractivity contribution in [3.8, 4) is 0 Å². The van der Waals surface area contributed by atoms with Crippen LogP contribution in [0, 0.1) is 0 Å². The van der Waals surface area contributed by atoms with Gasteiger partial charge < -0.3 is 24.7 Å². The second-order valence-electron chi connectivity index (χ2n) is 4.56. The zero-order chi connectivity index (χ0) is 14.3. The summed E-state index contributed by atoms with van der Waals surface area (Å²) in [6.45, 7) is 0.148. The molecule has 0 spiro atoms. The molecule has 1 aliphatic rings. The molecule has 3 rings (SSSR count). The molecule has 0 amide bonds. The average molecular weight is 282 g/mol. The molecule has 2 aromatic rings. The second kappa shape index (κ2) is 4.94. The standard InChI is InChI=1S/C11H14N4O5/c1-19-2-5-7(16)8(17)11(20-5)15-4-14-6-9(15)12-3-13-10(6)18/h3-5,7-8,11,16-17H,2H2,1H3,(H,12,13,18)/t5-,7-,8+,11-/m0/s1. The number of nitrogens with zero attached hydrogens (tertiary/aromatic N) is 3. The van der Waals surface area contributed by atoms with Crippen LogP contribution in [0.5, 0.6) is 0 Å². The highest BCUT2D eigenvalue weighted by atomic mass is 16.6. The van der Waals surface area contributed by atoms with Gasteiger partial charge in [-0.05, 0) is 0 Å². The molecule has 9 heteroatoms. The molecule has 0 saturated carbocycles. The summed E-state index contributed by atoms with van der Waals surface area (Å²) in [6, 6.07) is 0. The van der Waals surface area contributed by atoms with Crippen LogP contribution in [0.2, 0.25) is 0 Å². The Morgan fingerprint density at radius 3 is 3.00 bits per heavy atom. The normalized spacial score (nSPS) is 30.1. The van der Waals surface area contributed by atoms with Crippen LogP contribution in [0.15, 0.2) is 17.4 Å². The summed E-state index contributed by atoms with van der Waals surface area (Å²) in [5.41, 5.74) is 0.0475. The van der Waals surface area contributed by atoms with Crippen LogP contribution < -0.4 is 5.56 Å². The van der Waals surface area contributed by atoms with E-state index in [0.29, 0.717) is 0 Å². The number of hydrogen-bond donors (Lipinski definition) is 3. The summed E-state index contributed by atoms with van der Waals surface area (Å²) < 4.78 is 11.9. The number of rotatable bonds is 3. The Balaban J connectivity index is 1.99. The van der Waals surface area contributed by atoms with Gasteiger partial charge in [-0.1, -0.05) is 0 Å². The Morgan fingerprint density at radius 2 is 2.25 bits per heavy atom. The number of imidazole rings is 1. The first-order valence-electron chi connectivity index (χ1n) is 6.04. The molecule has 1 fully saturated rings. The molecule has 3 heterocycles. The maximum absolute atomic E-state index is 11.6. The average Bonchev–Trinajstić information content (AvgIpc) is 2.97. The van der Waals surface area contributed by atoms with Gasteiger partial charge in [0.2, 0.25) is 0 Å². The highest BCUT2D eigenvalue weighted by molar-refractivity contribution is 5.68. The van der Waals surface area contributed by atoms with Crippen LogP contribution >= 0.6 is 0 Å². The lowest BCUT2D eigenvalue weighted by molar-refractivity contribution is -0.0580. The van der Waals surface area contributed by atoms with Gasteiger partial charge in [-0.2, -0.15) is 0 Å². The summed E-state index contributed by atoms with van der Waals surface area (Å²) in [6.07, 6.45) is -1.17. The van der Waals surface area contributed by atoms with Crippen LogP contribution in [0.3, 0.4) is 0 Å². The predicted octanol–water partition coefficient (Wildman–Crippen LogP) is -1.61. The monoisotopic (exact) mass is 282 g/mol. The summed E-state index contributed by atoms with van der Waals surface area (Å²) in [4.78, 5) is 22.0. The Labute approximate surface area is 112 Å². The molecule has 9 nitrogen and oxygen atoms in total. The van der Waals surface area contributed by atoms with Gasteiger partial charge in [-0.3, -0.25) is 9.36 Å². The minimum atomic E-state index is -1.16. The van der Waals surface area contributed by atoms with Gasteiger partial charge >= 0.3 is 0 Å². The first-order valence-corrected chi connectivity index (χ1v) is 6.04. The number of nitrogens with one attached hydrogen (secondary N) is 1. The Bertz CT molecular complexity index is 668. The number of aromatic nitrogens is 4. The van der Waals surface area contributed by atoms with Gasteiger partial charge in [-0.25, -0.2) is 9.97 Å². The first-order chi connectivity index (χ1) is 9.63. The quantitative estimate of drug-likeness (QED) is 0.618. The molecule has 2 aromatic heterocycles. The number of aliphatic hydroxyl groups is 2. The summed E-state index contributed by atoms with van der Waals surface area (Å²) in [5, 5.41) is 20.0. The lowest BCUT2D eigenvalue weighted by Crippen LogP contribution is -2.33. The van der Waals surface area contributed by atoms with E-state index in [4.69, 9.17) is 9.47 Å². The van der Waals surface area contributed by atoms with E-state index in [1.54, 1.807) is 0 Å². The molecule has 3 N–H and O–H groups in total. The van der Waals surface area contributed by atoms with Gasteiger partial charge in [0.1, 0.15) is 18.3 Å². The lowest BCUT2D eigenvalue weighted by atomic mass is 10.1. The number of ether oxygens (including phenoxy) is 2. The van der Waals surface area contributed by atoms with Crippen molar-refractivity contribution in [2.75, 3.05) is 13.7 Å². The van der Waals surface area contributed by atoms with Crippen LogP contribution in [0.4, 0.5) is 0 Å². The van der Waals surface area contributed by atoms with Crippen molar-refractivity contribution in [2.24, 2.45) is 0 Å². The molecule has 1 saturated heterocycles. The number of hydrogen-bond acceptors (Lipinski definition) is 7. The van der Waals surface area contributed by atoms with Gasteiger partial charge in [0, 0.05) is 7.11 Å². The van der Waals surface area contributed by atoms with Crippen LogP contribution in [-0.2, 0) is 9.47 Å². The van der Waals surface area contributed by atoms with Crippen LogP contribution in [0.25, 0.3) is 11.2 Å². The second-order valence-corrected chi connectivity index (χ2v) is 4.56. The van der Waals surface area contributed by atoms with E-state index in [9.17, 15) is 15.0 Å². The van der Waals surface area contributed by atoms with Crippen molar-refractivity contribution in [1.29, 1.82) is 0 Å². The highest BCUT2D eigenvalue weighted by Crippen LogP contribution is 2.30. The zero-order valence-corrected chi connectivity index (χ0v) is 10.6. The molecule has 1 aliphatic heterocycles. The molecule has 0 radical (unpaired) electrons. The van der Waals surface area contributed by atoms with Gasteiger partial charge in [0.25, 0.3) is 5.56 Å². The maximum Gasteiger partial charge on any atom is 0.278 e. The van der Waals surface area contributed by atoms with E-state index < -0.39 is 24.5 Å². The maximum atomic E-state index is 11.6. The molecule has 4 atom stereocenters. The van der Waals surface area contributed by atoms with Crippen molar-refractivity contribution >= 4 is 11.2 Å². The number of H-pyrrole nitrogens is 1. The largest absolute Gasteiger partial charge is 0.387 e. The molecular formula is C11H14N4O5. The fraction of sp³-hybridized carbons (Fsp3) is 0.545. The number of aromatic amines is 1. The Morgan fingerprint density at radius 1 is 1.45 bits per heavy atom. The van der Waals surface area contributed by atoms with Gasteiger partial charge in [0.15, 0.2) is 17.4 Å². The van der Waals surface area contributed by atoms with Gasteiger partial charge in [-0.15, -0.1) is 0 Å². The number of aliphatic hydroxyl groups excluding tert-OH is 2. The fourth-order valence-corrected chi connectivity index (χ4v) is 2.31. The smallest absolute Gasteiger partial charge is 0.278 e. The van der Waals surface area contributed by atoms with Crippen molar-refractivity contribution < 1.29 is 19.7 Å². The summed E-state index contributed by atoms with van der Waals surface area (Å²) >= 11 is 0. The van der Waals surface area contributed by atoms with Crippen molar-refractivity contribution in [3.05, 3.63) is 23.0 Å². The van der Waals surface area contributed by atoms with E-state index in [1.165, 1.54) is 24.3 Å². The lowest BCUT2D eigenvalue weighted by Gasteiger charge is -2.16. The van der Waals surface area contributed by atoms with Gasteiger partial charge in [0.05, 0.1) is 19.3 Å². The Kier molecular flexibility index (Phi) is 3.26. The molecule has 0 aliphatic carbocycles. The molecule has 108 valence electrons. The topological polar surface area (TPSA) is 122 Å². The third-order valence-electron chi connectivity index (χ3n) is 3.31. The molecule has 0 unspecified atom stereocenters. The van der Waals surface area contributed by atoms with E-state index in [1.807, 2.05) is 0 Å². The third-order valence-corrected chi connectivity index (χ3v) is 3.31. The molecule has 0 aromatic carbocycles.